The molecule has 122 valence electrons. The number of benzene rings is 2. The molecule has 2 aromatic carbocycles. The predicted molar refractivity (Wildman–Crippen MR) is 90.7 cm³/mol. The van der Waals surface area contributed by atoms with Gasteiger partial charge in [0, 0.05) is 16.6 Å². The van der Waals surface area contributed by atoms with Crippen molar-refractivity contribution in [3.8, 4) is 11.5 Å². The summed E-state index contributed by atoms with van der Waals surface area (Å²) >= 11 is 1.50. The summed E-state index contributed by atoms with van der Waals surface area (Å²) in [5.74, 6) is 1.58. The van der Waals surface area contributed by atoms with Crippen molar-refractivity contribution < 1.29 is 19.1 Å². The van der Waals surface area contributed by atoms with E-state index in [4.69, 9.17) is 9.47 Å². The zero-order valence-corrected chi connectivity index (χ0v) is 13.4. The molecule has 0 unspecified atom stereocenters. The Morgan fingerprint density at radius 2 is 2.04 bits per heavy atom. The number of carbonyl (C=O) groups excluding carboxylic acids is 2. The van der Waals surface area contributed by atoms with Crippen LogP contribution in [0.2, 0.25) is 0 Å². The number of anilines is 2. The van der Waals surface area contributed by atoms with Crippen LogP contribution >= 0.6 is 11.8 Å². The van der Waals surface area contributed by atoms with Gasteiger partial charge in [-0.3, -0.25) is 9.59 Å². The topological polar surface area (TPSA) is 76.7 Å². The lowest BCUT2D eigenvalue weighted by Gasteiger charge is -2.17. The largest absolute Gasteiger partial charge is 0.454 e. The average Bonchev–Trinajstić information content (AvgIpc) is 3.02. The van der Waals surface area contributed by atoms with Crippen LogP contribution in [0, 0.1) is 0 Å². The molecule has 0 spiro atoms. The minimum absolute atomic E-state index is 0.0190. The molecule has 0 aromatic heterocycles. The summed E-state index contributed by atoms with van der Waals surface area (Å²) in [5.41, 5.74) is 2.27. The third-order valence-corrected chi connectivity index (χ3v) is 4.77. The number of amides is 2. The van der Waals surface area contributed by atoms with Crippen molar-refractivity contribution in [1.82, 2.24) is 0 Å². The molecule has 0 aliphatic carbocycles. The van der Waals surface area contributed by atoms with E-state index >= 15 is 0 Å². The molecule has 0 fully saturated rings. The predicted octanol–water partition coefficient (Wildman–Crippen LogP) is 2.64. The molecular formula is C17H14N2O4S. The molecule has 0 radical (unpaired) electrons. The van der Waals surface area contributed by atoms with Crippen molar-refractivity contribution in [2.75, 3.05) is 23.2 Å². The summed E-state index contributed by atoms with van der Waals surface area (Å²) in [4.78, 5) is 24.7. The van der Waals surface area contributed by atoms with Gasteiger partial charge in [0.25, 0.3) is 0 Å². The second-order valence-electron chi connectivity index (χ2n) is 5.46. The van der Waals surface area contributed by atoms with Gasteiger partial charge in [0.15, 0.2) is 11.5 Å². The van der Waals surface area contributed by atoms with E-state index in [2.05, 4.69) is 10.6 Å². The number of rotatable bonds is 3. The summed E-state index contributed by atoms with van der Waals surface area (Å²) in [6.07, 6.45) is 0.224. The molecule has 0 saturated heterocycles. The molecule has 2 aliphatic heterocycles. The molecule has 24 heavy (non-hydrogen) atoms. The van der Waals surface area contributed by atoms with E-state index in [0.717, 1.165) is 16.1 Å². The Labute approximate surface area is 142 Å². The highest BCUT2D eigenvalue weighted by molar-refractivity contribution is 8.00. The van der Waals surface area contributed by atoms with Gasteiger partial charge in [0.05, 0.1) is 17.9 Å². The molecule has 2 aliphatic rings. The maximum Gasteiger partial charge on any atom is 0.234 e. The van der Waals surface area contributed by atoms with E-state index in [9.17, 15) is 9.59 Å². The van der Waals surface area contributed by atoms with Gasteiger partial charge >= 0.3 is 0 Å². The number of fused-ring (bicyclic) bond motifs is 2. The number of nitrogens with one attached hydrogen (secondary N) is 2. The lowest BCUT2D eigenvalue weighted by atomic mass is 10.1. The van der Waals surface area contributed by atoms with Crippen LogP contribution in [0.4, 0.5) is 11.4 Å². The monoisotopic (exact) mass is 342 g/mol. The maximum absolute atomic E-state index is 12.2. The second-order valence-corrected chi connectivity index (χ2v) is 6.48. The Bertz CT molecular complexity index is 837. The van der Waals surface area contributed by atoms with E-state index in [-0.39, 0.29) is 25.0 Å². The summed E-state index contributed by atoms with van der Waals surface area (Å²) in [5, 5.41) is 5.67. The van der Waals surface area contributed by atoms with Crippen LogP contribution in [0.5, 0.6) is 11.5 Å². The first-order valence-corrected chi connectivity index (χ1v) is 8.41. The molecule has 0 atom stereocenters. The van der Waals surface area contributed by atoms with Crippen molar-refractivity contribution in [3.63, 3.8) is 0 Å². The first-order chi connectivity index (χ1) is 11.7. The van der Waals surface area contributed by atoms with Gasteiger partial charge in [0.2, 0.25) is 18.6 Å². The molecule has 7 heteroatoms. The lowest BCUT2D eigenvalue weighted by Crippen LogP contribution is -2.19. The molecule has 2 amide bonds. The van der Waals surface area contributed by atoms with Crippen molar-refractivity contribution in [2.45, 2.75) is 11.3 Å². The molecule has 0 saturated carbocycles. The average molecular weight is 342 g/mol. The van der Waals surface area contributed by atoms with Crippen LogP contribution in [-0.2, 0) is 16.0 Å². The van der Waals surface area contributed by atoms with E-state index in [0.29, 0.717) is 22.9 Å². The molecule has 2 aromatic rings. The molecule has 4 rings (SSSR count). The smallest absolute Gasteiger partial charge is 0.234 e. The number of carbonyl (C=O) groups is 2. The summed E-state index contributed by atoms with van der Waals surface area (Å²) in [6.45, 7) is 0.200. The minimum Gasteiger partial charge on any atom is -0.454 e. The summed E-state index contributed by atoms with van der Waals surface area (Å²) in [6, 6.07) is 11.0. The van der Waals surface area contributed by atoms with Gasteiger partial charge in [-0.1, -0.05) is 6.07 Å². The van der Waals surface area contributed by atoms with Gasteiger partial charge in [-0.15, -0.1) is 11.8 Å². The third kappa shape index (κ3) is 3.03. The number of hydrogen-bond acceptors (Lipinski definition) is 5. The zero-order valence-electron chi connectivity index (χ0n) is 12.6. The fourth-order valence-electron chi connectivity index (χ4n) is 2.61. The van der Waals surface area contributed by atoms with Crippen molar-refractivity contribution in [1.29, 1.82) is 0 Å². The standard InChI is InChI=1S/C17H14N2O4S/c20-16(18-11-2-3-13-14(7-11)23-9-22-13)6-10-1-4-15-12(5-10)19-17(21)8-24-15/h1-5,7H,6,8-9H2,(H,18,20)(H,19,21). The molecule has 6 nitrogen and oxygen atoms in total. The summed E-state index contributed by atoms with van der Waals surface area (Å²) in [7, 11) is 0. The highest BCUT2D eigenvalue weighted by Crippen LogP contribution is 2.34. The van der Waals surface area contributed by atoms with Crippen LogP contribution in [-0.4, -0.2) is 24.4 Å². The van der Waals surface area contributed by atoms with Gasteiger partial charge in [-0.2, -0.15) is 0 Å². The molecule has 0 bridgehead atoms. The molecule has 2 heterocycles. The molecule has 2 N–H and O–H groups in total. The van der Waals surface area contributed by atoms with Crippen LogP contribution in [0.25, 0.3) is 0 Å². The van der Waals surface area contributed by atoms with E-state index < -0.39 is 0 Å². The first-order valence-electron chi connectivity index (χ1n) is 7.42. The second kappa shape index (κ2) is 6.09. The van der Waals surface area contributed by atoms with Gasteiger partial charge < -0.3 is 20.1 Å². The van der Waals surface area contributed by atoms with Crippen LogP contribution in [0.15, 0.2) is 41.3 Å². The fourth-order valence-corrected chi connectivity index (χ4v) is 3.39. The van der Waals surface area contributed by atoms with Gasteiger partial charge in [-0.25, -0.2) is 0 Å². The fraction of sp³-hybridized carbons (Fsp3) is 0.176. The van der Waals surface area contributed by atoms with E-state index in [1.54, 1.807) is 18.2 Å². The van der Waals surface area contributed by atoms with Crippen molar-refractivity contribution >= 4 is 35.0 Å². The number of ether oxygens (including phenoxy) is 2. The summed E-state index contributed by atoms with van der Waals surface area (Å²) < 4.78 is 10.5. The number of hydrogen-bond donors (Lipinski definition) is 2. The van der Waals surface area contributed by atoms with Crippen LogP contribution in [0.3, 0.4) is 0 Å². The zero-order chi connectivity index (χ0) is 16.5. The van der Waals surface area contributed by atoms with Crippen LogP contribution in [0.1, 0.15) is 5.56 Å². The Hall–Kier alpha value is -2.67. The van der Waals surface area contributed by atoms with Crippen LogP contribution < -0.4 is 20.1 Å². The lowest BCUT2D eigenvalue weighted by molar-refractivity contribution is -0.115. The van der Waals surface area contributed by atoms with Crippen molar-refractivity contribution in [3.05, 3.63) is 42.0 Å². The van der Waals surface area contributed by atoms with Crippen molar-refractivity contribution in [2.24, 2.45) is 0 Å². The normalized spacial score (nSPS) is 14.8. The Morgan fingerprint density at radius 1 is 1.17 bits per heavy atom. The quantitative estimate of drug-likeness (QED) is 0.897. The highest BCUT2D eigenvalue weighted by Gasteiger charge is 2.17. The van der Waals surface area contributed by atoms with E-state index in [1.807, 2.05) is 18.2 Å². The number of thioether (sulfide) groups is 1. The van der Waals surface area contributed by atoms with Gasteiger partial charge in [-0.05, 0) is 29.8 Å². The SMILES string of the molecule is O=C(Cc1ccc2c(c1)NC(=O)CS2)Nc1ccc2c(c1)OCO2. The van der Waals surface area contributed by atoms with Gasteiger partial charge in [0.1, 0.15) is 0 Å². The maximum atomic E-state index is 12.2. The Kier molecular flexibility index (Phi) is 3.78. The first kappa shape index (κ1) is 14.9. The molecular weight excluding hydrogens is 328 g/mol. The Morgan fingerprint density at radius 3 is 2.96 bits per heavy atom. The Balaban J connectivity index is 1.44. The minimum atomic E-state index is -0.136. The van der Waals surface area contributed by atoms with E-state index in [1.165, 1.54) is 11.8 Å². The third-order valence-electron chi connectivity index (χ3n) is 3.70. The highest BCUT2D eigenvalue weighted by atomic mass is 32.2.